The van der Waals surface area contributed by atoms with Crippen molar-refractivity contribution in [1.82, 2.24) is 9.78 Å². The van der Waals surface area contributed by atoms with E-state index in [9.17, 15) is 8.42 Å². The largest absolute Gasteiger partial charge is 0.394 e. The highest BCUT2D eigenvalue weighted by molar-refractivity contribution is 8.13. The zero-order chi connectivity index (χ0) is 10.1. The number of aliphatic hydroxyl groups excluding tert-OH is 1. The van der Waals surface area contributed by atoms with Crippen molar-refractivity contribution in [1.29, 1.82) is 0 Å². The summed E-state index contributed by atoms with van der Waals surface area (Å²) >= 11 is 0. The fourth-order valence-corrected chi connectivity index (χ4v) is 1.42. The Morgan fingerprint density at radius 2 is 2.38 bits per heavy atom. The summed E-state index contributed by atoms with van der Waals surface area (Å²) in [5.41, 5.74) is 0. The van der Waals surface area contributed by atoms with Crippen molar-refractivity contribution in [3.8, 4) is 0 Å². The van der Waals surface area contributed by atoms with Gasteiger partial charge in [0, 0.05) is 16.9 Å². The van der Waals surface area contributed by atoms with Gasteiger partial charge < -0.3 is 5.11 Å². The average Bonchev–Trinajstić information content (AvgIpc) is 2.50. The Morgan fingerprint density at radius 3 is 2.77 bits per heavy atom. The summed E-state index contributed by atoms with van der Waals surface area (Å²) in [5, 5.41) is 12.5. The predicted octanol–water partition coefficient (Wildman–Crippen LogP) is 0.364. The lowest BCUT2D eigenvalue weighted by Gasteiger charge is -2.06. The number of halogens is 1. The lowest BCUT2D eigenvalue weighted by atomic mass is 10.4. The van der Waals surface area contributed by atoms with Crippen LogP contribution < -0.4 is 0 Å². The average molecular weight is 225 g/mol. The number of aromatic nitrogens is 2. The second kappa shape index (κ2) is 3.65. The first-order valence-electron chi connectivity index (χ1n) is 3.55. The molecule has 0 aliphatic carbocycles. The van der Waals surface area contributed by atoms with Gasteiger partial charge in [-0.2, -0.15) is 5.10 Å². The Morgan fingerprint density at radius 1 is 1.77 bits per heavy atom. The van der Waals surface area contributed by atoms with Gasteiger partial charge in [-0.15, -0.1) is 0 Å². The summed E-state index contributed by atoms with van der Waals surface area (Å²) < 4.78 is 23.0. The molecule has 1 N–H and O–H groups in total. The summed E-state index contributed by atoms with van der Waals surface area (Å²) in [6.07, 6.45) is 2.43. The fourth-order valence-electron chi connectivity index (χ4n) is 0.771. The highest BCUT2D eigenvalue weighted by Gasteiger charge is 2.14. The predicted molar refractivity (Wildman–Crippen MR) is 47.1 cm³/mol. The van der Waals surface area contributed by atoms with Crippen molar-refractivity contribution >= 4 is 19.7 Å². The minimum absolute atomic E-state index is 0.0607. The molecule has 5 nitrogen and oxygen atoms in total. The molecule has 0 saturated heterocycles. The molecule has 0 aliphatic rings. The first kappa shape index (κ1) is 10.5. The van der Waals surface area contributed by atoms with Crippen LogP contribution in [-0.2, 0) is 9.05 Å². The molecule has 0 spiro atoms. The van der Waals surface area contributed by atoms with Gasteiger partial charge in [-0.25, -0.2) is 8.42 Å². The molecule has 0 unspecified atom stereocenters. The monoisotopic (exact) mass is 224 g/mol. The maximum Gasteiger partial charge on any atom is 0.264 e. The molecule has 1 aromatic rings. The number of hydrogen-bond acceptors (Lipinski definition) is 4. The summed E-state index contributed by atoms with van der Waals surface area (Å²) in [5.74, 6) is 0. The standard InChI is InChI=1S/C6H9ClN2O3S/c1-5(4-10)9-3-6(2-8-9)13(7,11)12/h2-3,5,10H,4H2,1H3/t5-/m1/s1. The number of nitrogens with zero attached hydrogens (tertiary/aromatic N) is 2. The maximum absolute atomic E-state index is 10.8. The molecule has 1 aromatic heterocycles. The molecule has 0 bridgehead atoms. The third-order valence-corrected chi connectivity index (χ3v) is 2.88. The minimum Gasteiger partial charge on any atom is -0.394 e. The van der Waals surface area contributed by atoms with Crippen LogP contribution in [0.2, 0.25) is 0 Å². The van der Waals surface area contributed by atoms with E-state index in [1.165, 1.54) is 10.9 Å². The third-order valence-electron chi connectivity index (χ3n) is 1.58. The highest BCUT2D eigenvalue weighted by Crippen LogP contribution is 2.15. The zero-order valence-electron chi connectivity index (χ0n) is 6.88. The van der Waals surface area contributed by atoms with E-state index in [4.69, 9.17) is 15.8 Å². The normalized spacial score (nSPS) is 14.4. The molecule has 0 saturated carbocycles. The fraction of sp³-hybridized carbons (Fsp3) is 0.500. The summed E-state index contributed by atoms with van der Waals surface area (Å²) in [4.78, 5) is -0.0607. The topological polar surface area (TPSA) is 72.2 Å². The Kier molecular flexibility index (Phi) is 2.94. The third kappa shape index (κ3) is 2.43. The van der Waals surface area contributed by atoms with Crippen LogP contribution in [-0.4, -0.2) is 29.9 Å². The van der Waals surface area contributed by atoms with Gasteiger partial charge in [0.25, 0.3) is 9.05 Å². The SMILES string of the molecule is C[C@H](CO)n1cc(S(=O)(=O)Cl)cn1. The van der Waals surface area contributed by atoms with E-state index < -0.39 is 9.05 Å². The molecule has 74 valence electrons. The highest BCUT2D eigenvalue weighted by atomic mass is 35.7. The van der Waals surface area contributed by atoms with E-state index in [0.717, 1.165) is 6.20 Å². The Bertz CT molecular complexity index is 386. The van der Waals surface area contributed by atoms with Gasteiger partial charge in [0.15, 0.2) is 0 Å². The Labute approximate surface area is 80.4 Å². The molecule has 0 radical (unpaired) electrons. The molecule has 1 heterocycles. The molecule has 0 aliphatic heterocycles. The van der Waals surface area contributed by atoms with Crippen LogP contribution in [0.4, 0.5) is 0 Å². The van der Waals surface area contributed by atoms with Crippen LogP contribution in [0.3, 0.4) is 0 Å². The van der Waals surface area contributed by atoms with Crippen LogP contribution in [0, 0.1) is 0 Å². The molecule has 13 heavy (non-hydrogen) atoms. The van der Waals surface area contributed by atoms with Crippen LogP contribution in [0.15, 0.2) is 17.3 Å². The van der Waals surface area contributed by atoms with Gasteiger partial charge in [-0.3, -0.25) is 4.68 Å². The second-order valence-corrected chi connectivity index (χ2v) is 5.19. The number of aliphatic hydroxyl groups is 1. The van der Waals surface area contributed by atoms with Gasteiger partial charge in [0.05, 0.1) is 18.8 Å². The van der Waals surface area contributed by atoms with Crippen LogP contribution >= 0.6 is 10.7 Å². The van der Waals surface area contributed by atoms with Gasteiger partial charge in [0.1, 0.15) is 4.90 Å². The van der Waals surface area contributed by atoms with Crippen LogP contribution in [0.1, 0.15) is 13.0 Å². The van der Waals surface area contributed by atoms with E-state index in [-0.39, 0.29) is 17.5 Å². The zero-order valence-corrected chi connectivity index (χ0v) is 8.46. The van der Waals surface area contributed by atoms with Gasteiger partial charge in [-0.1, -0.05) is 0 Å². The second-order valence-electron chi connectivity index (χ2n) is 2.63. The van der Waals surface area contributed by atoms with Gasteiger partial charge in [-0.05, 0) is 6.92 Å². The van der Waals surface area contributed by atoms with Crippen LogP contribution in [0.5, 0.6) is 0 Å². The molecule has 7 heteroatoms. The van der Waals surface area contributed by atoms with Crippen molar-refractivity contribution in [3.05, 3.63) is 12.4 Å². The lowest BCUT2D eigenvalue weighted by Crippen LogP contribution is -2.09. The molecule has 1 atom stereocenters. The number of rotatable bonds is 3. The van der Waals surface area contributed by atoms with E-state index in [1.807, 2.05) is 0 Å². The van der Waals surface area contributed by atoms with Gasteiger partial charge in [0.2, 0.25) is 0 Å². The first-order valence-corrected chi connectivity index (χ1v) is 5.85. The molecule has 0 amide bonds. The summed E-state index contributed by atoms with van der Waals surface area (Å²) in [6, 6.07) is -0.257. The van der Waals surface area contributed by atoms with Crippen molar-refractivity contribution in [2.45, 2.75) is 17.9 Å². The molecular weight excluding hydrogens is 216 g/mol. The lowest BCUT2D eigenvalue weighted by molar-refractivity contribution is 0.229. The Hall–Kier alpha value is -0.590. The summed E-state index contributed by atoms with van der Waals surface area (Å²) in [6.45, 7) is 1.60. The van der Waals surface area contributed by atoms with E-state index in [1.54, 1.807) is 6.92 Å². The van der Waals surface area contributed by atoms with Gasteiger partial charge >= 0.3 is 0 Å². The van der Waals surface area contributed by atoms with Crippen molar-refractivity contribution < 1.29 is 13.5 Å². The molecule has 0 fully saturated rings. The summed E-state index contributed by atoms with van der Waals surface area (Å²) in [7, 11) is 1.36. The van der Waals surface area contributed by atoms with Crippen molar-refractivity contribution in [3.63, 3.8) is 0 Å². The van der Waals surface area contributed by atoms with Crippen molar-refractivity contribution in [2.75, 3.05) is 6.61 Å². The van der Waals surface area contributed by atoms with Crippen molar-refractivity contribution in [2.24, 2.45) is 0 Å². The molecular formula is C6H9ClN2O3S. The Balaban J connectivity index is 3.00. The van der Waals surface area contributed by atoms with E-state index in [0.29, 0.717) is 0 Å². The number of hydrogen-bond donors (Lipinski definition) is 1. The van der Waals surface area contributed by atoms with Crippen LogP contribution in [0.25, 0.3) is 0 Å². The van der Waals surface area contributed by atoms with E-state index >= 15 is 0 Å². The first-order chi connectivity index (χ1) is 5.95. The quantitative estimate of drug-likeness (QED) is 0.753. The maximum atomic E-state index is 10.8. The molecule has 1 rings (SSSR count). The molecule has 0 aromatic carbocycles. The smallest absolute Gasteiger partial charge is 0.264 e. The van der Waals surface area contributed by atoms with E-state index in [2.05, 4.69) is 5.10 Å². The minimum atomic E-state index is -3.72.